The predicted octanol–water partition coefficient (Wildman–Crippen LogP) is -3.35. The van der Waals surface area contributed by atoms with Crippen LogP contribution in [0.2, 0.25) is 0 Å². The van der Waals surface area contributed by atoms with Crippen LogP contribution >= 0.6 is 0 Å². The Morgan fingerprint density at radius 1 is 1.33 bits per heavy atom. The van der Waals surface area contributed by atoms with Gasteiger partial charge >= 0.3 is 18.9 Å². The van der Waals surface area contributed by atoms with Crippen LogP contribution in [-0.4, -0.2) is 6.47 Å². The average Bonchev–Trinajstić information content (AvgIpc) is 2.17. The smallest absolute Gasteiger partial charge is 0.554 e. The summed E-state index contributed by atoms with van der Waals surface area (Å²) in [5.41, 5.74) is 0. The van der Waals surface area contributed by atoms with Crippen LogP contribution in [0.25, 0.3) is 0 Å². The molecule has 0 aliphatic carbocycles. The molecule has 0 N–H and O–H groups in total. The quantitative estimate of drug-likeness (QED) is 0.265. The Morgan fingerprint density at radius 3 is 1.78 bits per heavy atom. The van der Waals surface area contributed by atoms with E-state index in [2.05, 4.69) is 4.42 Å². The number of hydrogen-bond acceptors (Lipinski definition) is 3. The van der Waals surface area contributed by atoms with E-state index < -0.39 is 6.47 Å². The third kappa shape index (κ3) is 11.1. The van der Waals surface area contributed by atoms with Crippen LogP contribution in [0.3, 0.4) is 0 Å². The first-order chi connectivity index (χ1) is 3.91. The van der Waals surface area contributed by atoms with Gasteiger partial charge < -0.3 is 14.3 Å². The number of carbonyl (C=O) groups excluding carboxylic acids is 1. The number of rotatable bonds is 0. The van der Waals surface area contributed by atoms with E-state index in [1.165, 1.54) is 0 Å². The van der Waals surface area contributed by atoms with E-state index in [-0.39, 0.29) is 18.9 Å². The zero-order valence-corrected chi connectivity index (χ0v) is 5.11. The van der Waals surface area contributed by atoms with E-state index in [1.807, 2.05) is 12.1 Å². The van der Waals surface area contributed by atoms with Crippen molar-refractivity contribution in [3.63, 3.8) is 0 Å². The van der Waals surface area contributed by atoms with Gasteiger partial charge in [-0.1, -0.05) is 0 Å². The van der Waals surface area contributed by atoms with Gasteiger partial charge in [-0.2, -0.15) is 0 Å². The number of carboxylic acid groups (broad SMARTS) is 1. The van der Waals surface area contributed by atoms with E-state index in [4.69, 9.17) is 9.90 Å². The van der Waals surface area contributed by atoms with Gasteiger partial charge in [0, 0.05) is 6.47 Å². The maximum Gasteiger partial charge on any atom is 1.00 e. The van der Waals surface area contributed by atoms with Gasteiger partial charge in [-0.3, -0.25) is 0 Å². The van der Waals surface area contributed by atoms with Gasteiger partial charge in [0.05, 0.1) is 12.5 Å². The van der Waals surface area contributed by atoms with Crippen LogP contribution in [-0.2, 0) is 4.79 Å². The topological polar surface area (TPSA) is 53.3 Å². The molecule has 0 saturated carbocycles. The number of carbonyl (C=O) groups is 1. The van der Waals surface area contributed by atoms with Gasteiger partial charge in [-0.15, -0.1) is 0 Å². The summed E-state index contributed by atoms with van der Waals surface area (Å²) in [6, 6.07) is 3.67. The van der Waals surface area contributed by atoms with Crippen molar-refractivity contribution in [1.29, 1.82) is 0 Å². The molecule has 0 amide bonds. The van der Waals surface area contributed by atoms with Gasteiger partial charge in [0.15, 0.2) is 0 Å². The summed E-state index contributed by atoms with van der Waals surface area (Å²) in [7, 11) is 0. The minimum atomic E-state index is -0.500. The van der Waals surface area contributed by atoms with E-state index in [1.54, 1.807) is 12.5 Å². The van der Waals surface area contributed by atoms with E-state index in [9.17, 15) is 0 Å². The average molecular weight is 120 g/mol. The molecule has 0 bridgehead atoms. The summed E-state index contributed by atoms with van der Waals surface area (Å²) in [4.78, 5) is 8.25. The first-order valence-corrected chi connectivity index (χ1v) is 1.94. The van der Waals surface area contributed by atoms with Crippen LogP contribution in [0, 0.1) is 0 Å². The second-order valence-electron chi connectivity index (χ2n) is 0.889. The molecule has 44 valence electrons. The van der Waals surface area contributed by atoms with Gasteiger partial charge in [-0.25, -0.2) is 0 Å². The summed E-state index contributed by atoms with van der Waals surface area (Å²) in [5, 5.41) is 8.25. The molecule has 4 heteroatoms. The largest absolute Gasteiger partial charge is 1.00 e. The van der Waals surface area contributed by atoms with Crippen molar-refractivity contribution in [1.82, 2.24) is 0 Å². The van der Waals surface area contributed by atoms with E-state index in [0.29, 0.717) is 0 Å². The maximum atomic E-state index is 8.25. The molecule has 0 aromatic carbocycles. The van der Waals surface area contributed by atoms with Gasteiger partial charge in [0.25, 0.3) is 0 Å². The van der Waals surface area contributed by atoms with Gasteiger partial charge in [0.1, 0.15) is 0 Å². The molecular formula is C5H5LiO3. The fourth-order valence-electron chi connectivity index (χ4n) is 0.227. The van der Waals surface area contributed by atoms with Crippen LogP contribution in [0.1, 0.15) is 0 Å². The van der Waals surface area contributed by atoms with Crippen LogP contribution < -0.4 is 24.0 Å². The summed E-state index contributed by atoms with van der Waals surface area (Å²) < 4.78 is 4.58. The van der Waals surface area contributed by atoms with Gasteiger partial charge in [-0.05, 0) is 12.1 Å². The Labute approximate surface area is 64.8 Å². The van der Waals surface area contributed by atoms with Crippen LogP contribution in [0.4, 0.5) is 0 Å². The Balaban J connectivity index is 0. The SMILES string of the molecule is O=C[O-].[Li+].c1ccoc1. The Kier molecular flexibility index (Phi) is 12.9. The van der Waals surface area contributed by atoms with E-state index in [0.717, 1.165) is 0 Å². The molecule has 1 aromatic heterocycles. The minimum Gasteiger partial charge on any atom is -0.554 e. The molecule has 0 saturated heterocycles. The Bertz CT molecular complexity index is 98.5. The zero-order chi connectivity index (χ0) is 6.24. The second kappa shape index (κ2) is 10.4. The molecule has 1 rings (SSSR count). The summed E-state index contributed by atoms with van der Waals surface area (Å²) in [6.45, 7) is -0.500. The zero-order valence-electron chi connectivity index (χ0n) is 5.11. The molecule has 3 nitrogen and oxygen atoms in total. The van der Waals surface area contributed by atoms with Crippen molar-refractivity contribution in [3.8, 4) is 0 Å². The fourth-order valence-corrected chi connectivity index (χ4v) is 0.227. The predicted molar refractivity (Wildman–Crippen MR) is 24.8 cm³/mol. The minimum absolute atomic E-state index is 0. The van der Waals surface area contributed by atoms with Crippen molar-refractivity contribution in [2.24, 2.45) is 0 Å². The molecule has 1 heterocycles. The molecule has 9 heavy (non-hydrogen) atoms. The second-order valence-corrected chi connectivity index (χ2v) is 0.889. The summed E-state index contributed by atoms with van der Waals surface area (Å²) in [6.07, 6.45) is 3.25. The van der Waals surface area contributed by atoms with Crippen molar-refractivity contribution in [3.05, 3.63) is 24.7 Å². The Morgan fingerprint density at radius 2 is 1.67 bits per heavy atom. The third-order valence-corrected chi connectivity index (χ3v) is 0.425. The fraction of sp³-hybridized carbons (Fsp3) is 0. The molecular weight excluding hydrogens is 115 g/mol. The van der Waals surface area contributed by atoms with Crippen molar-refractivity contribution < 1.29 is 33.2 Å². The molecule has 0 unspecified atom stereocenters. The monoisotopic (exact) mass is 120 g/mol. The molecule has 0 radical (unpaired) electrons. The van der Waals surface area contributed by atoms with Crippen LogP contribution in [0.15, 0.2) is 29.1 Å². The molecule has 1 aromatic rings. The van der Waals surface area contributed by atoms with Crippen molar-refractivity contribution in [2.75, 3.05) is 0 Å². The first-order valence-electron chi connectivity index (χ1n) is 1.94. The van der Waals surface area contributed by atoms with Crippen molar-refractivity contribution in [2.45, 2.75) is 0 Å². The molecule has 0 spiro atoms. The van der Waals surface area contributed by atoms with Gasteiger partial charge in [0.2, 0.25) is 0 Å². The first kappa shape index (κ1) is 11.2. The molecule has 0 aliphatic heterocycles. The standard InChI is InChI=1S/C4H4O.CH2O2.Li/c1-2-4-5-3-1;2-1-3;/h1-4H;1H,(H,2,3);/q;;+1/p-1. The normalized spacial score (nSPS) is 5.78. The number of hydrogen-bond donors (Lipinski definition) is 0. The van der Waals surface area contributed by atoms with Crippen molar-refractivity contribution >= 4 is 6.47 Å². The summed E-state index contributed by atoms with van der Waals surface area (Å²) in [5.74, 6) is 0. The Hall–Kier alpha value is -0.653. The molecule has 0 atom stereocenters. The summed E-state index contributed by atoms with van der Waals surface area (Å²) >= 11 is 0. The third-order valence-electron chi connectivity index (χ3n) is 0.425. The van der Waals surface area contributed by atoms with Crippen LogP contribution in [0.5, 0.6) is 0 Å². The molecule has 0 fully saturated rings. The van der Waals surface area contributed by atoms with E-state index >= 15 is 0 Å². The number of furan rings is 1. The molecule has 0 aliphatic rings. The maximum absolute atomic E-state index is 8.25.